The van der Waals surface area contributed by atoms with Crippen LogP contribution in [0.2, 0.25) is 5.02 Å². The second-order valence-corrected chi connectivity index (χ2v) is 5.45. The van der Waals surface area contributed by atoms with E-state index in [-0.39, 0.29) is 11.7 Å². The van der Waals surface area contributed by atoms with Gasteiger partial charge in [0.15, 0.2) is 0 Å². The van der Waals surface area contributed by atoms with Crippen molar-refractivity contribution in [2.75, 3.05) is 5.32 Å². The number of alkyl halides is 3. The number of amides is 1. The third-order valence-electron chi connectivity index (χ3n) is 3.33. The van der Waals surface area contributed by atoms with Crippen LogP contribution in [0.3, 0.4) is 0 Å². The minimum Gasteiger partial charge on any atom is -0.406 e. The maximum Gasteiger partial charge on any atom is 0.573 e. The number of hydrogen-bond acceptors (Lipinski definition) is 3. The highest BCUT2D eigenvalue weighted by Gasteiger charge is 2.31. The van der Waals surface area contributed by atoms with Crippen LogP contribution < -0.4 is 10.1 Å². The molecule has 1 aliphatic heterocycles. The van der Waals surface area contributed by atoms with Crippen LogP contribution in [0.4, 0.5) is 24.5 Å². The zero-order valence-corrected chi connectivity index (χ0v) is 12.7. The highest BCUT2D eigenvalue weighted by molar-refractivity contribution is 6.31. The second kappa shape index (κ2) is 6.16. The van der Waals surface area contributed by atoms with E-state index in [0.29, 0.717) is 22.0 Å². The molecule has 0 aromatic heterocycles. The maximum absolute atomic E-state index is 12.1. The molecule has 0 aliphatic carbocycles. The molecule has 124 valence electrons. The molecule has 24 heavy (non-hydrogen) atoms. The molecule has 1 unspecified atom stereocenters. The number of halogens is 4. The summed E-state index contributed by atoms with van der Waals surface area (Å²) in [5, 5.41) is 3.21. The van der Waals surface area contributed by atoms with Crippen molar-refractivity contribution in [3.05, 3.63) is 53.1 Å². The average molecular weight is 355 g/mol. The molecule has 1 N–H and O–H groups in total. The van der Waals surface area contributed by atoms with Gasteiger partial charge in [0.2, 0.25) is 5.91 Å². The number of ether oxygens (including phenoxy) is 1. The molecule has 4 nitrogen and oxygen atoms in total. The summed E-state index contributed by atoms with van der Waals surface area (Å²) in [6, 6.07) is 10.1. The van der Waals surface area contributed by atoms with Gasteiger partial charge in [0.25, 0.3) is 0 Å². The van der Waals surface area contributed by atoms with E-state index in [1.54, 1.807) is 18.2 Å². The van der Waals surface area contributed by atoms with Crippen molar-refractivity contribution in [3.8, 4) is 5.75 Å². The van der Waals surface area contributed by atoms with E-state index in [1.807, 2.05) is 0 Å². The number of fused-ring (bicyclic) bond motifs is 1. The molecule has 0 radical (unpaired) electrons. The summed E-state index contributed by atoms with van der Waals surface area (Å²) in [7, 11) is 0. The Kier molecular flexibility index (Phi) is 4.19. The Morgan fingerprint density at radius 2 is 1.88 bits per heavy atom. The second-order valence-electron chi connectivity index (χ2n) is 5.02. The van der Waals surface area contributed by atoms with E-state index in [1.165, 1.54) is 18.3 Å². The van der Waals surface area contributed by atoms with Crippen molar-refractivity contribution in [3.63, 3.8) is 0 Å². The smallest absolute Gasteiger partial charge is 0.406 e. The summed E-state index contributed by atoms with van der Waals surface area (Å²) in [6.45, 7) is 0. The first-order valence-electron chi connectivity index (χ1n) is 6.82. The molecule has 2 aromatic carbocycles. The predicted molar refractivity (Wildman–Crippen MR) is 84.1 cm³/mol. The summed E-state index contributed by atoms with van der Waals surface area (Å²) < 4.78 is 40.1. The van der Waals surface area contributed by atoms with E-state index < -0.39 is 12.3 Å². The fourth-order valence-electron chi connectivity index (χ4n) is 2.30. The van der Waals surface area contributed by atoms with Gasteiger partial charge in [-0.1, -0.05) is 11.6 Å². The van der Waals surface area contributed by atoms with Crippen molar-refractivity contribution >= 4 is 35.1 Å². The summed E-state index contributed by atoms with van der Waals surface area (Å²) in [5.74, 6) is -1.19. The Labute approximate surface area is 139 Å². The molecule has 0 saturated heterocycles. The van der Waals surface area contributed by atoms with Gasteiger partial charge in [-0.25, -0.2) is 0 Å². The third kappa shape index (κ3) is 3.68. The van der Waals surface area contributed by atoms with Crippen molar-refractivity contribution in [2.24, 2.45) is 4.99 Å². The molecule has 2 aromatic rings. The Bertz CT molecular complexity index is 804. The number of hydrogen-bond donors (Lipinski definition) is 1. The number of carbonyl (C=O) groups excluding carboxylic acids is 1. The van der Waals surface area contributed by atoms with Crippen LogP contribution >= 0.6 is 11.6 Å². The lowest BCUT2D eigenvalue weighted by molar-refractivity contribution is -0.274. The molecule has 1 amide bonds. The van der Waals surface area contributed by atoms with Gasteiger partial charge in [-0.05, 0) is 48.0 Å². The average Bonchev–Trinajstić information content (AvgIpc) is 2.80. The fourth-order valence-corrected chi connectivity index (χ4v) is 2.48. The van der Waals surface area contributed by atoms with Crippen LogP contribution in [0.5, 0.6) is 5.75 Å². The molecule has 0 saturated carbocycles. The maximum atomic E-state index is 12.1. The number of rotatable bonds is 3. The van der Waals surface area contributed by atoms with Gasteiger partial charge in [-0.3, -0.25) is 9.79 Å². The van der Waals surface area contributed by atoms with Gasteiger partial charge < -0.3 is 10.1 Å². The van der Waals surface area contributed by atoms with E-state index >= 15 is 0 Å². The SMILES string of the molecule is O=C1Nc2ccc(Cl)cc2C1C=Nc1ccc(OC(F)(F)F)cc1. The zero-order valence-electron chi connectivity index (χ0n) is 12.0. The standard InChI is InChI=1S/C16H10ClF3N2O2/c17-9-1-6-14-12(7-9)13(15(23)22-14)8-21-10-2-4-11(5-3-10)24-16(18,19)20/h1-8,13H,(H,22,23). The highest BCUT2D eigenvalue weighted by Crippen LogP contribution is 2.34. The molecular formula is C16H10ClF3N2O2. The van der Waals surface area contributed by atoms with Gasteiger partial charge in [0.1, 0.15) is 11.7 Å². The Hall–Kier alpha value is -2.54. The lowest BCUT2D eigenvalue weighted by Gasteiger charge is -2.08. The minimum absolute atomic E-state index is 0.243. The Morgan fingerprint density at radius 3 is 2.54 bits per heavy atom. The van der Waals surface area contributed by atoms with Gasteiger partial charge in [0.05, 0.1) is 5.69 Å². The quantitative estimate of drug-likeness (QED) is 0.814. The predicted octanol–water partition coefficient (Wildman–Crippen LogP) is 4.68. The third-order valence-corrected chi connectivity index (χ3v) is 3.57. The van der Waals surface area contributed by atoms with Crippen LogP contribution in [0.25, 0.3) is 0 Å². The van der Waals surface area contributed by atoms with Crippen molar-refractivity contribution in [2.45, 2.75) is 12.3 Å². The number of anilines is 1. The first-order valence-corrected chi connectivity index (χ1v) is 7.20. The first kappa shape index (κ1) is 16.3. The van der Waals surface area contributed by atoms with Crippen molar-refractivity contribution in [1.29, 1.82) is 0 Å². The molecule has 0 fully saturated rings. The van der Waals surface area contributed by atoms with E-state index in [9.17, 15) is 18.0 Å². The van der Waals surface area contributed by atoms with Crippen molar-refractivity contribution in [1.82, 2.24) is 0 Å². The van der Waals surface area contributed by atoms with Crippen molar-refractivity contribution < 1.29 is 22.7 Å². The number of carbonyl (C=O) groups is 1. The summed E-state index contributed by atoms with van der Waals surface area (Å²) in [4.78, 5) is 16.1. The number of nitrogens with one attached hydrogen (secondary N) is 1. The molecule has 0 bridgehead atoms. The largest absolute Gasteiger partial charge is 0.573 e. The minimum atomic E-state index is -4.74. The molecule has 8 heteroatoms. The zero-order chi connectivity index (χ0) is 17.3. The van der Waals surface area contributed by atoms with Crippen LogP contribution in [0.1, 0.15) is 11.5 Å². The summed E-state index contributed by atoms with van der Waals surface area (Å²) >= 11 is 5.93. The fraction of sp³-hybridized carbons (Fsp3) is 0.125. The number of aliphatic imine (C=N–C) groups is 1. The lowest BCUT2D eigenvalue weighted by Crippen LogP contribution is -2.16. The monoisotopic (exact) mass is 354 g/mol. The number of benzene rings is 2. The van der Waals surface area contributed by atoms with E-state index in [4.69, 9.17) is 11.6 Å². The highest BCUT2D eigenvalue weighted by atomic mass is 35.5. The topological polar surface area (TPSA) is 50.7 Å². The number of nitrogens with zero attached hydrogens (tertiary/aromatic N) is 1. The molecule has 1 atom stereocenters. The van der Waals surface area contributed by atoms with Crippen LogP contribution in [0.15, 0.2) is 47.5 Å². The normalized spacial score (nSPS) is 17.0. The lowest BCUT2D eigenvalue weighted by atomic mass is 10.0. The summed E-state index contributed by atoms with van der Waals surface area (Å²) in [6.07, 6.45) is -3.31. The van der Waals surface area contributed by atoms with Gasteiger partial charge in [-0.15, -0.1) is 13.2 Å². The van der Waals surface area contributed by atoms with E-state index in [0.717, 1.165) is 12.1 Å². The van der Waals surface area contributed by atoms with E-state index in [2.05, 4.69) is 15.0 Å². The van der Waals surface area contributed by atoms with Gasteiger partial charge >= 0.3 is 6.36 Å². The molecule has 0 spiro atoms. The Morgan fingerprint density at radius 1 is 1.17 bits per heavy atom. The molecule has 3 rings (SSSR count). The van der Waals surface area contributed by atoms with Gasteiger partial charge in [0, 0.05) is 16.9 Å². The molecular weight excluding hydrogens is 345 g/mol. The molecule has 1 aliphatic rings. The molecule has 1 heterocycles. The summed E-state index contributed by atoms with van der Waals surface area (Å²) in [5.41, 5.74) is 1.76. The van der Waals surface area contributed by atoms with Crippen LogP contribution in [-0.4, -0.2) is 18.5 Å². The van der Waals surface area contributed by atoms with Crippen LogP contribution in [0, 0.1) is 0 Å². The van der Waals surface area contributed by atoms with Gasteiger partial charge in [-0.2, -0.15) is 0 Å². The Balaban J connectivity index is 1.77. The first-order chi connectivity index (χ1) is 11.3. The van der Waals surface area contributed by atoms with Crippen LogP contribution in [-0.2, 0) is 4.79 Å².